The molecule has 0 fully saturated rings. The molecule has 0 radical (unpaired) electrons. The molecule has 1 unspecified atom stereocenters. The van der Waals surface area contributed by atoms with E-state index in [9.17, 15) is 9.18 Å². The van der Waals surface area contributed by atoms with Gasteiger partial charge >= 0.3 is 5.97 Å². The highest BCUT2D eigenvalue weighted by Crippen LogP contribution is 2.42. The smallest absolute Gasteiger partial charge is 0.312 e. The van der Waals surface area contributed by atoms with Gasteiger partial charge in [-0.3, -0.25) is 4.79 Å². The third-order valence-corrected chi connectivity index (χ3v) is 2.71. The van der Waals surface area contributed by atoms with Crippen LogP contribution < -0.4 is 19.9 Å². The predicted octanol–water partition coefficient (Wildman–Crippen LogP) is 0.978. The molecule has 0 aliphatic carbocycles. The molecule has 0 spiro atoms. The van der Waals surface area contributed by atoms with E-state index in [0.717, 1.165) is 0 Å². The lowest BCUT2D eigenvalue weighted by Crippen LogP contribution is -2.23. The Kier molecular flexibility index (Phi) is 4.94. The normalized spacial score (nSPS) is 11.8. The maximum atomic E-state index is 14.3. The molecular formula is C12H16FNO5. The number of rotatable bonds is 6. The van der Waals surface area contributed by atoms with Crippen molar-refractivity contribution in [2.24, 2.45) is 5.73 Å². The number of benzene rings is 1. The Morgan fingerprint density at radius 1 is 1.32 bits per heavy atom. The number of aliphatic carboxylic acids is 1. The number of carboxylic acids is 1. The summed E-state index contributed by atoms with van der Waals surface area (Å²) in [6, 6.07) is 1.28. The van der Waals surface area contributed by atoms with Gasteiger partial charge in [-0.2, -0.15) is 0 Å². The molecule has 3 N–H and O–H groups in total. The van der Waals surface area contributed by atoms with Crippen molar-refractivity contribution in [3.8, 4) is 17.2 Å². The maximum Gasteiger partial charge on any atom is 0.312 e. The van der Waals surface area contributed by atoms with Crippen molar-refractivity contribution in [2.75, 3.05) is 27.9 Å². The SMILES string of the molecule is COc1cc(OC)c(OC)c(C(CN)C(=O)O)c1F. The molecule has 106 valence electrons. The van der Waals surface area contributed by atoms with E-state index < -0.39 is 17.7 Å². The highest BCUT2D eigenvalue weighted by Gasteiger charge is 2.30. The molecule has 19 heavy (non-hydrogen) atoms. The van der Waals surface area contributed by atoms with Crippen LogP contribution in [0.5, 0.6) is 17.2 Å². The summed E-state index contributed by atoms with van der Waals surface area (Å²) < 4.78 is 29.2. The molecule has 1 aromatic rings. The van der Waals surface area contributed by atoms with Crippen LogP contribution in [0.2, 0.25) is 0 Å². The van der Waals surface area contributed by atoms with Gasteiger partial charge in [-0.1, -0.05) is 0 Å². The summed E-state index contributed by atoms with van der Waals surface area (Å²) in [4.78, 5) is 11.2. The van der Waals surface area contributed by atoms with E-state index in [0.29, 0.717) is 0 Å². The van der Waals surface area contributed by atoms with Crippen molar-refractivity contribution in [3.63, 3.8) is 0 Å². The van der Waals surface area contributed by atoms with Gasteiger partial charge in [0.25, 0.3) is 0 Å². The van der Waals surface area contributed by atoms with Crippen LogP contribution in [0.3, 0.4) is 0 Å². The third kappa shape index (κ3) is 2.70. The number of hydrogen-bond acceptors (Lipinski definition) is 5. The molecule has 0 aliphatic heterocycles. The number of nitrogens with two attached hydrogens (primary N) is 1. The van der Waals surface area contributed by atoms with Crippen LogP contribution in [-0.2, 0) is 4.79 Å². The van der Waals surface area contributed by atoms with Crippen LogP contribution in [0.15, 0.2) is 6.07 Å². The topological polar surface area (TPSA) is 91.0 Å². The van der Waals surface area contributed by atoms with Gasteiger partial charge in [-0.25, -0.2) is 4.39 Å². The zero-order chi connectivity index (χ0) is 14.6. The second kappa shape index (κ2) is 6.24. The van der Waals surface area contributed by atoms with Gasteiger partial charge in [0.15, 0.2) is 23.1 Å². The van der Waals surface area contributed by atoms with Crippen molar-refractivity contribution in [1.82, 2.24) is 0 Å². The summed E-state index contributed by atoms with van der Waals surface area (Å²) >= 11 is 0. The number of carboxylic acid groups (broad SMARTS) is 1. The minimum absolute atomic E-state index is 0.00125. The summed E-state index contributed by atoms with van der Waals surface area (Å²) in [5.41, 5.74) is 5.21. The number of halogens is 1. The van der Waals surface area contributed by atoms with E-state index in [1.165, 1.54) is 27.4 Å². The van der Waals surface area contributed by atoms with Gasteiger partial charge in [0, 0.05) is 12.6 Å². The number of carbonyl (C=O) groups is 1. The first-order valence-corrected chi connectivity index (χ1v) is 5.43. The minimum atomic E-state index is -1.25. The van der Waals surface area contributed by atoms with E-state index in [4.69, 9.17) is 25.1 Å². The fraction of sp³-hybridized carbons (Fsp3) is 0.417. The monoisotopic (exact) mass is 273 g/mol. The fourth-order valence-corrected chi connectivity index (χ4v) is 1.78. The second-order valence-corrected chi connectivity index (χ2v) is 3.67. The van der Waals surface area contributed by atoms with Gasteiger partial charge in [-0.15, -0.1) is 0 Å². The van der Waals surface area contributed by atoms with Crippen molar-refractivity contribution in [2.45, 2.75) is 5.92 Å². The molecule has 1 rings (SSSR count). The Morgan fingerprint density at radius 3 is 2.26 bits per heavy atom. The molecule has 1 aromatic carbocycles. The van der Waals surface area contributed by atoms with Crippen LogP contribution >= 0.6 is 0 Å². The number of methoxy groups -OCH3 is 3. The number of ether oxygens (including phenoxy) is 3. The van der Waals surface area contributed by atoms with Gasteiger partial charge in [0.05, 0.1) is 26.9 Å². The van der Waals surface area contributed by atoms with Crippen LogP contribution in [0, 0.1) is 5.82 Å². The molecular weight excluding hydrogens is 257 g/mol. The van der Waals surface area contributed by atoms with Gasteiger partial charge < -0.3 is 25.1 Å². The molecule has 1 atom stereocenters. The summed E-state index contributed by atoms with van der Waals surface area (Å²) in [6.45, 7) is -0.279. The van der Waals surface area contributed by atoms with Crippen LogP contribution in [0.4, 0.5) is 4.39 Å². The van der Waals surface area contributed by atoms with Crippen LogP contribution in [0.1, 0.15) is 11.5 Å². The molecule has 0 aromatic heterocycles. The number of hydrogen-bond donors (Lipinski definition) is 2. The average molecular weight is 273 g/mol. The molecule has 0 bridgehead atoms. The Hall–Kier alpha value is -2.02. The average Bonchev–Trinajstić information content (AvgIpc) is 2.40. The minimum Gasteiger partial charge on any atom is -0.494 e. The lowest BCUT2D eigenvalue weighted by atomic mass is 9.96. The standard InChI is InChI=1S/C12H16FNO5/c1-17-7-4-8(18-2)11(19-3)9(10(7)13)6(5-14)12(15)16/h4,6H,5,14H2,1-3H3,(H,15,16). The molecule has 6 nitrogen and oxygen atoms in total. The van der Waals surface area contributed by atoms with E-state index in [2.05, 4.69) is 0 Å². The van der Waals surface area contributed by atoms with Crippen LogP contribution in [0.25, 0.3) is 0 Å². The second-order valence-electron chi connectivity index (χ2n) is 3.67. The molecule has 0 heterocycles. The summed E-state index contributed by atoms with van der Waals surface area (Å²) in [5.74, 6) is -3.28. The zero-order valence-electron chi connectivity index (χ0n) is 10.9. The van der Waals surface area contributed by atoms with Crippen molar-refractivity contribution in [3.05, 3.63) is 17.4 Å². The molecule has 0 aliphatic rings. The third-order valence-electron chi connectivity index (χ3n) is 2.71. The summed E-state index contributed by atoms with van der Waals surface area (Å²) in [7, 11) is 3.92. The van der Waals surface area contributed by atoms with Gasteiger partial charge in [0.1, 0.15) is 5.92 Å². The quantitative estimate of drug-likeness (QED) is 0.802. The van der Waals surface area contributed by atoms with Gasteiger partial charge in [0.2, 0.25) is 0 Å². The zero-order valence-corrected chi connectivity index (χ0v) is 10.9. The van der Waals surface area contributed by atoms with E-state index in [1.54, 1.807) is 0 Å². The summed E-state index contributed by atoms with van der Waals surface area (Å²) in [6.07, 6.45) is 0. The van der Waals surface area contributed by atoms with Crippen LogP contribution in [-0.4, -0.2) is 38.9 Å². The Bertz CT molecular complexity index is 478. The first-order chi connectivity index (χ1) is 9.01. The highest BCUT2D eigenvalue weighted by molar-refractivity contribution is 5.79. The lowest BCUT2D eigenvalue weighted by molar-refractivity contribution is -0.138. The van der Waals surface area contributed by atoms with Crippen molar-refractivity contribution in [1.29, 1.82) is 0 Å². The molecule has 0 saturated heterocycles. The van der Waals surface area contributed by atoms with Gasteiger partial charge in [-0.05, 0) is 0 Å². The van der Waals surface area contributed by atoms with E-state index in [-0.39, 0.29) is 29.4 Å². The largest absolute Gasteiger partial charge is 0.494 e. The van der Waals surface area contributed by atoms with E-state index in [1.807, 2.05) is 0 Å². The first kappa shape index (κ1) is 15.0. The first-order valence-electron chi connectivity index (χ1n) is 5.43. The highest BCUT2D eigenvalue weighted by atomic mass is 19.1. The summed E-state index contributed by atoms with van der Waals surface area (Å²) in [5, 5.41) is 9.11. The lowest BCUT2D eigenvalue weighted by Gasteiger charge is -2.19. The molecule has 7 heteroatoms. The molecule has 0 amide bonds. The van der Waals surface area contributed by atoms with E-state index >= 15 is 0 Å². The van der Waals surface area contributed by atoms with Crippen molar-refractivity contribution < 1.29 is 28.5 Å². The van der Waals surface area contributed by atoms with Crippen molar-refractivity contribution >= 4 is 5.97 Å². The fourth-order valence-electron chi connectivity index (χ4n) is 1.78. The Labute approximate surface area is 109 Å². The molecule has 0 saturated carbocycles. The predicted molar refractivity (Wildman–Crippen MR) is 65.5 cm³/mol. The maximum absolute atomic E-state index is 14.3. The Morgan fingerprint density at radius 2 is 1.89 bits per heavy atom. The Balaban J connectivity index is 3.61.